The van der Waals surface area contributed by atoms with Crippen LogP contribution in [0.5, 0.6) is 0 Å². The maximum absolute atomic E-state index is 10.1. The second kappa shape index (κ2) is 9.11. The van der Waals surface area contributed by atoms with Crippen molar-refractivity contribution in [1.82, 2.24) is 0 Å². The molecular formula is C10H21NO5. The molecule has 0 amide bonds. The number of aliphatic carboxylic acids is 2. The van der Waals surface area contributed by atoms with Gasteiger partial charge in [-0.1, -0.05) is 13.8 Å². The third-order valence-corrected chi connectivity index (χ3v) is 1.51. The molecule has 6 heteroatoms. The van der Waals surface area contributed by atoms with E-state index in [4.69, 9.17) is 21.1 Å². The molecule has 6 nitrogen and oxygen atoms in total. The molecule has 5 N–H and O–H groups in total. The normalized spacial score (nSPS) is 13.6. The molecule has 0 fully saturated rings. The van der Waals surface area contributed by atoms with Crippen LogP contribution in [0.25, 0.3) is 0 Å². The molecule has 96 valence electrons. The van der Waals surface area contributed by atoms with Gasteiger partial charge in [0.05, 0.1) is 12.5 Å². The van der Waals surface area contributed by atoms with Crippen LogP contribution in [0.1, 0.15) is 33.6 Å². The van der Waals surface area contributed by atoms with Gasteiger partial charge >= 0.3 is 11.9 Å². The van der Waals surface area contributed by atoms with Gasteiger partial charge in [-0.15, -0.1) is 0 Å². The van der Waals surface area contributed by atoms with Crippen LogP contribution >= 0.6 is 0 Å². The second-order valence-corrected chi connectivity index (χ2v) is 4.02. The van der Waals surface area contributed by atoms with Crippen LogP contribution in [-0.2, 0) is 9.59 Å². The number of carboxylic acids is 2. The van der Waals surface area contributed by atoms with Crippen molar-refractivity contribution < 1.29 is 24.9 Å². The van der Waals surface area contributed by atoms with E-state index >= 15 is 0 Å². The quantitative estimate of drug-likeness (QED) is 0.543. The van der Waals surface area contributed by atoms with Crippen molar-refractivity contribution in [1.29, 1.82) is 0 Å². The SMILES string of the molecule is CC(C)C[C@H](N)C(=O)O.C[C@@H](O)CC(=O)O. The molecule has 0 aliphatic carbocycles. The molecule has 0 bridgehead atoms. The van der Waals surface area contributed by atoms with Gasteiger partial charge in [0.15, 0.2) is 0 Å². The zero-order chi connectivity index (χ0) is 13.3. The second-order valence-electron chi connectivity index (χ2n) is 4.02. The lowest BCUT2D eigenvalue weighted by atomic mass is 10.1. The molecule has 0 aliphatic heterocycles. The highest BCUT2D eigenvalue weighted by atomic mass is 16.4. The Labute approximate surface area is 95.1 Å². The number of aliphatic hydroxyl groups excluding tert-OH is 1. The summed E-state index contributed by atoms with van der Waals surface area (Å²) in [6, 6.07) is -0.690. The van der Waals surface area contributed by atoms with Gasteiger partial charge in [-0.2, -0.15) is 0 Å². The van der Waals surface area contributed by atoms with E-state index in [0.29, 0.717) is 12.3 Å². The molecule has 16 heavy (non-hydrogen) atoms. The van der Waals surface area contributed by atoms with Crippen molar-refractivity contribution in [3.05, 3.63) is 0 Å². The fraction of sp³-hybridized carbons (Fsp3) is 0.800. The summed E-state index contributed by atoms with van der Waals surface area (Å²) in [6.45, 7) is 5.33. The Balaban J connectivity index is 0. The van der Waals surface area contributed by atoms with Gasteiger partial charge in [-0.05, 0) is 19.3 Å². The Morgan fingerprint density at radius 2 is 1.62 bits per heavy atom. The minimum Gasteiger partial charge on any atom is -0.481 e. The summed E-state index contributed by atoms with van der Waals surface area (Å²) in [6.07, 6.45) is -0.340. The number of nitrogens with two attached hydrogens (primary N) is 1. The molecule has 0 aliphatic rings. The van der Waals surface area contributed by atoms with Gasteiger partial charge in [-0.25, -0.2) is 0 Å². The highest BCUT2D eigenvalue weighted by Gasteiger charge is 2.11. The van der Waals surface area contributed by atoms with Gasteiger partial charge < -0.3 is 21.1 Å². The number of hydrogen-bond acceptors (Lipinski definition) is 4. The van der Waals surface area contributed by atoms with E-state index in [1.54, 1.807) is 0 Å². The Kier molecular flexibility index (Phi) is 9.83. The van der Waals surface area contributed by atoms with Crippen LogP contribution in [0.4, 0.5) is 0 Å². The smallest absolute Gasteiger partial charge is 0.320 e. The minimum absolute atomic E-state index is 0.167. The molecule has 2 atom stereocenters. The molecule has 0 spiro atoms. The first-order chi connectivity index (χ1) is 7.16. The largest absolute Gasteiger partial charge is 0.481 e. The molecule has 0 aromatic carbocycles. The van der Waals surface area contributed by atoms with Crippen molar-refractivity contribution in [2.45, 2.75) is 45.8 Å². The number of carbonyl (C=O) groups is 2. The molecule has 0 unspecified atom stereocenters. The van der Waals surface area contributed by atoms with Crippen LogP contribution in [0.2, 0.25) is 0 Å². The number of hydrogen-bond donors (Lipinski definition) is 4. The highest BCUT2D eigenvalue weighted by molar-refractivity contribution is 5.72. The molecule has 0 heterocycles. The van der Waals surface area contributed by atoms with E-state index in [9.17, 15) is 9.59 Å². The van der Waals surface area contributed by atoms with Gasteiger partial charge in [0.2, 0.25) is 0 Å². The van der Waals surface area contributed by atoms with Gasteiger partial charge in [0.1, 0.15) is 6.04 Å². The Morgan fingerprint density at radius 1 is 1.19 bits per heavy atom. The average Bonchev–Trinajstić information content (AvgIpc) is 2.00. The van der Waals surface area contributed by atoms with Crippen LogP contribution in [0.3, 0.4) is 0 Å². The van der Waals surface area contributed by atoms with Crippen molar-refractivity contribution in [3.63, 3.8) is 0 Å². The fourth-order valence-corrected chi connectivity index (χ4v) is 0.861. The lowest BCUT2D eigenvalue weighted by Crippen LogP contribution is -2.31. The zero-order valence-electron chi connectivity index (χ0n) is 9.88. The molecule has 0 saturated heterocycles. The lowest BCUT2D eigenvalue weighted by Gasteiger charge is -2.07. The minimum atomic E-state index is -0.963. The van der Waals surface area contributed by atoms with Crippen LogP contribution < -0.4 is 5.73 Å². The Morgan fingerprint density at radius 3 is 1.69 bits per heavy atom. The summed E-state index contributed by atoms with van der Waals surface area (Å²) in [5, 5.41) is 24.6. The Bertz CT molecular complexity index is 215. The lowest BCUT2D eigenvalue weighted by molar-refractivity contribution is -0.139. The highest BCUT2D eigenvalue weighted by Crippen LogP contribution is 2.01. The third kappa shape index (κ3) is 15.3. The molecule has 0 aromatic heterocycles. The average molecular weight is 235 g/mol. The summed E-state index contributed by atoms with van der Waals surface area (Å²) in [4.78, 5) is 19.8. The predicted octanol–water partition coefficient (Wildman–Crippen LogP) is 0.286. The van der Waals surface area contributed by atoms with Gasteiger partial charge in [0.25, 0.3) is 0 Å². The van der Waals surface area contributed by atoms with E-state index in [1.807, 2.05) is 13.8 Å². The molecule has 0 rings (SSSR count). The Hall–Kier alpha value is -1.14. The van der Waals surface area contributed by atoms with E-state index in [1.165, 1.54) is 6.92 Å². The van der Waals surface area contributed by atoms with Crippen molar-refractivity contribution in [3.8, 4) is 0 Å². The summed E-state index contributed by atoms with van der Waals surface area (Å²) in [7, 11) is 0. The first-order valence-corrected chi connectivity index (χ1v) is 5.05. The standard InChI is InChI=1S/C6H13NO2.C4H8O3/c1-4(2)3-5(7)6(8)9;1-3(5)2-4(6)7/h4-5H,3,7H2,1-2H3,(H,8,9);3,5H,2H2,1H3,(H,6,7)/t5-;3-/m01/s1. The van der Waals surface area contributed by atoms with Gasteiger partial charge in [-0.3, -0.25) is 9.59 Å². The van der Waals surface area contributed by atoms with Crippen LogP contribution in [0.15, 0.2) is 0 Å². The zero-order valence-corrected chi connectivity index (χ0v) is 9.88. The molecular weight excluding hydrogens is 214 g/mol. The maximum Gasteiger partial charge on any atom is 0.320 e. The number of rotatable bonds is 5. The topological polar surface area (TPSA) is 121 Å². The number of carboxylic acid groups (broad SMARTS) is 2. The summed E-state index contributed by atoms with van der Waals surface area (Å²) >= 11 is 0. The first-order valence-electron chi connectivity index (χ1n) is 5.05. The maximum atomic E-state index is 10.1. The van der Waals surface area contributed by atoms with Crippen molar-refractivity contribution in [2.75, 3.05) is 0 Å². The molecule has 0 saturated carbocycles. The van der Waals surface area contributed by atoms with E-state index in [-0.39, 0.29) is 6.42 Å². The van der Waals surface area contributed by atoms with Gasteiger partial charge in [0, 0.05) is 0 Å². The first kappa shape index (κ1) is 17.3. The van der Waals surface area contributed by atoms with Crippen molar-refractivity contribution >= 4 is 11.9 Å². The third-order valence-electron chi connectivity index (χ3n) is 1.51. The van der Waals surface area contributed by atoms with Crippen LogP contribution in [-0.4, -0.2) is 39.4 Å². The fourth-order valence-electron chi connectivity index (χ4n) is 0.861. The number of aliphatic hydroxyl groups is 1. The molecule has 0 aromatic rings. The van der Waals surface area contributed by atoms with Crippen LogP contribution in [0, 0.1) is 5.92 Å². The predicted molar refractivity (Wildman–Crippen MR) is 59.0 cm³/mol. The van der Waals surface area contributed by atoms with E-state index in [2.05, 4.69) is 0 Å². The molecule has 0 radical (unpaired) electrons. The summed E-state index contributed by atoms with van der Waals surface area (Å²) in [5.41, 5.74) is 5.22. The summed E-state index contributed by atoms with van der Waals surface area (Å²) < 4.78 is 0. The van der Waals surface area contributed by atoms with E-state index in [0.717, 1.165) is 0 Å². The van der Waals surface area contributed by atoms with E-state index < -0.39 is 24.1 Å². The monoisotopic (exact) mass is 235 g/mol. The van der Waals surface area contributed by atoms with Crippen molar-refractivity contribution in [2.24, 2.45) is 11.7 Å². The summed E-state index contributed by atoms with van der Waals surface area (Å²) in [5.74, 6) is -1.52.